The third-order valence-corrected chi connectivity index (χ3v) is 6.23. The molecule has 5 aromatic rings. The highest BCUT2D eigenvalue weighted by atomic mass is 32.1. The highest BCUT2D eigenvalue weighted by molar-refractivity contribution is 7.26. The zero-order valence-electron chi connectivity index (χ0n) is 14.0. The molecule has 0 saturated carbocycles. The normalized spacial score (nSPS) is 12.1. The second-order valence-corrected chi connectivity index (χ2v) is 7.64. The van der Waals surface area contributed by atoms with Gasteiger partial charge in [0.2, 0.25) is 0 Å². The molecule has 2 aromatic heterocycles. The fourth-order valence-corrected chi connectivity index (χ4v) is 5.29. The van der Waals surface area contributed by atoms with E-state index in [1.54, 1.807) is 0 Å². The maximum atomic E-state index is 2.44. The fourth-order valence-electron chi connectivity index (χ4n) is 4.12. The van der Waals surface area contributed by atoms with Crippen LogP contribution in [0.5, 0.6) is 0 Å². The van der Waals surface area contributed by atoms with E-state index in [4.69, 9.17) is 0 Å². The standard InChI is InChI=1S/C22H19NS/c1-3-8-14-13-19-21(16-10-5-7-12-18(16)24-19)22-20(14)15-9-4-6-11-17(15)23(22)2/h4-7,9-13H,3,8H2,1-2H3. The Morgan fingerprint density at radius 2 is 1.62 bits per heavy atom. The van der Waals surface area contributed by atoms with E-state index in [1.807, 2.05) is 11.3 Å². The van der Waals surface area contributed by atoms with Gasteiger partial charge in [-0.05, 0) is 30.2 Å². The molecule has 1 nitrogen and oxygen atoms in total. The van der Waals surface area contributed by atoms with Crippen molar-refractivity contribution in [2.45, 2.75) is 19.8 Å². The van der Waals surface area contributed by atoms with Crippen LogP contribution >= 0.6 is 11.3 Å². The van der Waals surface area contributed by atoms with E-state index in [1.165, 1.54) is 54.0 Å². The van der Waals surface area contributed by atoms with Crippen molar-refractivity contribution < 1.29 is 0 Å². The Morgan fingerprint density at radius 3 is 2.46 bits per heavy atom. The van der Waals surface area contributed by atoms with Crippen LogP contribution in [0.1, 0.15) is 18.9 Å². The highest BCUT2D eigenvalue weighted by Crippen LogP contribution is 2.43. The number of hydrogen-bond donors (Lipinski definition) is 0. The van der Waals surface area contributed by atoms with Gasteiger partial charge in [0.05, 0.1) is 5.52 Å². The van der Waals surface area contributed by atoms with Crippen molar-refractivity contribution in [3.05, 3.63) is 60.2 Å². The summed E-state index contributed by atoms with van der Waals surface area (Å²) in [5.74, 6) is 0. The quantitative estimate of drug-likeness (QED) is 0.341. The number of hydrogen-bond acceptors (Lipinski definition) is 1. The summed E-state index contributed by atoms with van der Waals surface area (Å²) < 4.78 is 5.19. The lowest BCUT2D eigenvalue weighted by Crippen LogP contribution is -1.89. The van der Waals surface area contributed by atoms with Crippen LogP contribution in [0, 0.1) is 0 Å². The van der Waals surface area contributed by atoms with Crippen molar-refractivity contribution >= 4 is 53.3 Å². The van der Waals surface area contributed by atoms with Crippen LogP contribution < -0.4 is 0 Å². The van der Waals surface area contributed by atoms with E-state index in [2.05, 4.69) is 73.1 Å². The number of fused-ring (bicyclic) bond motifs is 7. The largest absolute Gasteiger partial charge is 0.343 e. The maximum Gasteiger partial charge on any atom is 0.0586 e. The molecule has 0 aliphatic carbocycles. The zero-order valence-corrected chi connectivity index (χ0v) is 14.8. The van der Waals surface area contributed by atoms with Crippen molar-refractivity contribution in [2.75, 3.05) is 0 Å². The molecule has 3 aromatic carbocycles. The molecule has 0 bridgehead atoms. The Bertz CT molecular complexity index is 1220. The molecule has 0 amide bonds. The minimum atomic E-state index is 1.13. The van der Waals surface area contributed by atoms with Gasteiger partial charge < -0.3 is 4.57 Å². The Balaban J connectivity index is 2.13. The summed E-state index contributed by atoms with van der Waals surface area (Å²) >= 11 is 1.92. The van der Waals surface area contributed by atoms with Crippen molar-refractivity contribution in [3.8, 4) is 0 Å². The van der Waals surface area contributed by atoms with Crippen LogP contribution in [-0.2, 0) is 13.5 Å². The van der Waals surface area contributed by atoms with Gasteiger partial charge in [-0.2, -0.15) is 0 Å². The summed E-state index contributed by atoms with van der Waals surface area (Å²) in [7, 11) is 2.21. The van der Waals surface area contributed by atoms with Crippen molar-refractivity contribution in [1.29, 1.82) is 0 Å². The lowest BCUT2D eigenvalue weighted by Gasteiger charge is -2.06. The first kappa shape index (κ1) is 14.1. The van der Waals surface area contributed by atoms with Crippen LogP contribution in [0.2, 0.25) is 0 Å². The van der Waals surface area contributed by atoms with Gasteiger partial charge in [-0.15, -0.1) is 11.3 Å². The van der Waals surface area contributed by atoms with Crippen LogP contribution in [0.15, 0.2) is 54.6 Å². The summed E-state index contributed by atoms with van der Waals surface area (Å²) in [4.78, 5) is 0. The summed E-state index contributed by atoms with van der Waals surface area (Å²) in [6, 6.07) is 20.1. The SMILES string of the molecule is CCCc1cc2sc3ccccc3c2c2c1c1ccccc1n2C. The van der Waals surface area contributed by atoms with E-state index in [0.717, 1.165) is 6.42 Å². The molecule has 2 heteroatoms. The monoisotopic (exact) mass is 329 g/mol. The van der Waals surface area contributed by atoms with Gasteiger partial charge in [0.25, 0.3) is 0 Å². The second kappa shape index (κ2) is 5.09. The van der Waals surface area contributed by atoms with Gasteiger partial charge in [-0.3, -0.25) is 0 Å². The van der Waals surface area contributed by atoms with E-state index in [9.17, 15) is 0 Å². The first-order chi connectivity index (χ1) is 11.8. The number of benzene rings is 3. The van der Waals surface area contributed by atoms with E-state index in [-0.39, 0.29) is 0 Å². The van der Waals surface area contributed by atoms with Crippen LogP contribution in [0.4, 0.5) is 0 Å². The van der Waals surface area contributed by atoms with Gasteiger partial charge in [-0.25, -0.2) is 0 Å². The maximum absolute atomic E-state index is 2.44. The first-order valence-electron chi connectivity index (χ1n) is 8.60. The number of rotatable bonds is 2. The van der Waals surface area contributed by atoms with Gasteiger partial charge in [0, 0.05) is 43.5 Å². The third kappa shape index (κ3) is 1.75. The average Bonchev–Trinajstić information content (AvgIpc) is 3.11. The molecule has 0 atom stereocenters. The zero-order chi connectivity index (χ0) is 16.3. The molecule has 0 aliphatic rings. The fraction of sp³-hybridized carbons (Fsp3) is 0.182. The molecule has 0 saturated heterocycles. The minimum Gasteiger partial charge on any atom is -0.343 e. The predicted octanol–water partition coefficient (Wildman–Crippen LogP) is 6.65. The lowest BCUT2D eigenvalue weighted by molar-refractivity contribution is 0.931. The Morgan fingerprint density at radius 1 is 0.875 bits per heavy atom. The van der Waals surface area contributed by atoms with E-state index in [0.29, 0.717) is 0 Å². The van der Waals surface area contributed by atoms with E-state index < -0.39 is 0 Å². The molecular weight excluding hydrogens is 310 g/mol. The minimum absolute atomic E-state index is 1.13. The summed E-state index contributed by atoms with van der Waals surface area (Å²) in [5, 5.41) is 5.64. The summed E-state index contributed by atoms with van der Waals surface area (Å²) in [5.41, 5.74) is 4.21. The summed E-state index contributed by atoms with van der Waals surface area (Å²) in [6.07, 6.45) is 2.31. The summed E-state index contributed by atoms with van der Waals surface area (Å²) in [6.45, 7) is 2.27. The number of aromatic nitrogens is 1. The highest BCUT2D eigenvalue weighted by Gasteiger charge is 2.18. The van der Waals surface area contributed by atoms with Gasteiger partial charge in [0.1, 0.15) is 0 Å². The van der Waals surface area contributed by atoms with Crippen molar-refractivity contribution in [2.24, 2.45) is 7.05 Å². The predicted molar refractivity (Wildman–Crippen MR) is 107 cm³/mol. The lowest BCUT2D eigenvalue weighted by atomic mass is 9.99. The molecule has 24 heavy (non-hydrogen) atoms. The molecule has 0 N–H and O–H groups in total. The number of nitrogens with zero attached hydrogens (tertiary/aromatic N) is 1. The molecule has 0 fully saturated rings. The molecule has 0 radical (unpaired) electrons. The molecule has 0 aliphatic heterocycles. The van der Waals surface area contributed by atoms with E-state index >= 15 is 0 Å². The Hall–Kier alpha value is -2.32. The van der Waals surface area contributed by atoms with Crippen LogP contribution in [0.3, 0.4) is 0 Å². The van der Waals surface area contributed by atoms with Gasteiger partial charge in [-0.1, -0.05) is 49.7 Å². The second-order valence-electron chi connectivity index (χ2n) is 6.56. The number of thiophene rings is 1. The Labute approximate surface area is 145 Å². The molecule has 5 rings (SSSR count). The molecule has 118 valence electrons. The molecular formula is C22H19NS. The third-order valence-electron chi connectivity index (χ3n) is 5.11. The van der Waals surface area contributed by atoms with Gasteiger partial charge >= 0.3 is 0 Å². The topological polar surface area (TPSA) is 4.93 Å². The average molecular weight is 329 g/mol. The first-order valence-corrected chi connectivity index (χ1v) is 9.41. The molecule has 0 spiro atoms. The smallest absolute Gasteiger partial charge is 0.0586 e. The molecule has 0 unspecified atom stereocenters. The van der Waals surface area contributed by atoms with Crippen molar-refractivity contribution in [3.63, 3.8) is 0 Å². The van der Waals surface area contributed by atoms with Crippen LogP contribution in [-0.4, -0.2) is 4.57 Å². The molecule has 2 heterocycles. The number of aryl methyl sites for hydroxylation is 2. The Kier molecular flexibility index (Phi) is 2.98. The van der Waals surface area contributed by atoms with Gasteiger partial charge in [0.15, 0.2) is 0 Å². The number of para-hydroxylation sites is 1. The van der Waals surface area contributed by atoms with Crippen LogP contribution in [0.25, 0.3) is 42.0 Å². The van der Waals surface area contributed by atoms with Crippen molar-refractivity contribution in [1.82, 2.24) is 4.57 Å².